The Morgan fingerprint density at radius 3 is 1.95 bits per heavy atom. The van der Waals surface area contributed by atoms with Crippen LogP contribution in [0.3, 0.4) is 0 Å². The van der Waals surface area contributed by atoms with Crippen LogP contribution in [0.2, 0.25) is 0 Å². The van der Waals surface area contributed by atoms with Crippen LogP contribution >= 0.6 is 0 Å². The summed E-state index contributed by atoms with van der Waals surface area (Å²) in [5.41, 5.74) is -1.41. The lowest BCUT2D eigenvalue weighted by Crippen LogP contribution is -2.47. The second-order valence-corrected chi connectivity index (χ2v) is 7.37. The highest BCUT2D eigenvalue weighted by molar-refractivity contribution is 6.00. The summed E-state index contributed by atoms with van der Waals surface area (Å²) in [5, 5.41) is 0. The Labute approximate surface area is 125 Å². The van der Waals surface area contributed by atoms with Crippen LogP contribution in [0.15, 0.2) is 0 Å². The fourth-order valence-electron chi connectivity index (χ4n) is 2.03. The molecule has 0 spiro atoms. The molecule has 6 heteroatoms. The molecule has 2 atom stereocenters. The van der Waals surface area contributed by atoms with Gasteiger partial charge in [-0.15, -0.1) is 0 Å². The number of imide groups is 1. The zero-order valence-electron chi connectivity index (χ0n) is 13.9. The second kappa shape index (κ2) is 5.66. The van der Waals surface area contributed by atoms with Crippen LogP contribution in [0.1, 0.15) is 54.9 Å². The Kier molecular flexibility index (Phi) is 4.70. The molecule has 0 aromatic rings. The minimum atomic E-state index is -0.915. The molecule has 1 fully saturated rings. The number of carbonyl (C=O) groups excluding carboxylic acids is 3. The van der Waals surface area contributed by atoms with E-state index in [1.165, 1.54) is 0 Å². The van der Waals surface area contributed by atoms with Crippen molar-refractivity contribution in [2.24, 2.45) is 5.92 Å². The van der Waals surface area contributed by atoms with Gasteiger partial charge in [-0.05, 0) is 48.0 Å². The molecule has 0 bridgehead atoms. The number of hydrogen-bond acceptors (Lipinski definition) is 5. The number of ether oxygens (including phenoxy) is 2. The predicted molar refractivity (Wildman–Crippen MR) is 76.5 cm³/mol. The third-order valence-corrected chi connectivity index (χ3v) is 2.82. The summed E-state index contributed by atoms with van der Waals surface area (Å²) < 4.78 is 10.5. The lowest BCUT2D eigenvalue weighted by Gasteiger charge is -2.28. The van der Waals surface area contributed by atoms with Crippen LogP contribution in [0.5, 0.6) is 0 Å². The highest BCUT2D eigenvalue weighted by atomic mass is 16.6. The average Bonchev–Trinajstić information content (AvgIpc) is 2.50. The SMILES string of the molecule is C[C@H]1C[C@@H](C(=O)OC(C)(C)C)N(C(=O)OC(C)(C)C)C1=O. The number of nitrogens with zero attached hydrogens (tertiary/aromatic N) is 1. The Bertz CT molecular complexity index is 444. The van der Waals surface area contributed by atoms with Crippen molar-refractivity contribution in [1.82, 2.24) is 4.90 Å². The van der Waals surface area contributed by atoms with Gasteiger partial charge in [0, 0.05) is 5.92 Å². The van der Waals surface area contributed by atoms with E-state index in [1.54, 1.807) is 48.5 Å². The van der Waals surface area contributed by atoms with Crippen molar-refractivity contribution < 1.29 is 23.9 Å². The summed E-state index contributed by atoms with van der Waals surface area (Å²) in [5.74, 6) is -1.39. The van der Waals surface area contributed by atoms with E-state index in [0.717, 1.165) is 4.90 Å². The molecule has 0 saturated carbocycles. The van der Waals surface area contributed by atoms with E-state index in [9.17, 15) is 14.4 Å². The minimum Gasteiger partial charge on any atom is -0.458 e. The molecule has 6 nitrogen and oxygen atoms in total. The molecular weight excluding hydrogens is 274 g/mol. The molecule has 1 aliphatic rings. The third-order valence-electron chi connectivity index (χ3n) is 2.82. The number of carbonyl (C=O) groups is 3. The molecule has 120 valence electrons. The van der Waals surface area contributed by atoms with E-state index in [2.05, 4.69) is 0 Å². The monoisotopic (exact) mass is 299 g/mol. The first kappa shape index (κ1) is 17.5. The number of rotatable bonds is 1. The van der Waals surface area contributed by atoms with E-state index in [-0.39, 0.29) is 6.42 Å². The van der Waals surface area contributed by atoms with Gasteiger partial charge in [0.15, 0.2) is 0 Å². The minimum absolute atomic E-state index is 0.257. The molecule has 21 heavy (non-hydrogen) atoms. The third kappa shape index (κ3) is 4.72. The van der Waals surface area contributed by atoms with E-state index < -0.39 is 41.1 Å². The van der Waals surface area contributed by atoms with Crippen LogP contribution in [0.4, 0.5) is 4.79 Å². The normalized spacial score (nSPS) is 23.2. The molecule has 1 heterocycles. The van der Waals surface area contributed by atoms with Gasteiger partial charge in [0.25, 0.3) is 0 Å². The topological polar surface area (TPSA) is 72.9 Å². The van der Waals surface area contributed by atoms with Crippen LogP contribution in [0.25, 0.3) is 0 Å². The summed E-state index contributed by atoms with van der Waals surface area (Å²) >= 11 is 0. The number of amides is 2. The van der Waals surface area contributed by atoms with Gasteiger partial charge in [-0.3, -0.25) is 4.79 Å². The lowest BCUT2D eigenvalue weighted by atomic mass is 10.1. The van der Waals surface area contributed by atoms with Gasteiger partial charge >= 0.3 is 12.1 Å². The number of esters is 1. The Hall–Kier alpha value is -1.59. The maximum Gasteiger partial charge on any atom is 0.417 e. The van der Waals surface area contributed by atoms with Gasteiger partial charge in [-0.25, -0.2) is 14.5 Å². The molecule has 1 aliphatic heterocycles. The van der Waals surface area contributed by atoms with E-state index in [0.29, 0.717) is 0 Å². The number of hydrogen-bond donors (Lipinski definition) is 0. The zero-order chi connectivity index (χ0) is 16.6. The average molecular weight is 299 g/mol. The second-order valence-electron chi connectivity index (χ2n) is 7.37. The van der Waals surface area contributed by atoms with Gasteiger partial charge in [0.05, 0.1) is 0 Å². The van der Waals surface area contributed by atoms with Crippen LogP contribution in [-0.4, -0.2) is 40.1 Å². The number of likely N-dealkylation sites (tertiary alicyclic amines) is 1. The van der Waals surface area contributed by atoms with E-state index >= 15 is 0 Å². The first-order valence-electron chi connectivity index (χ1n) is 7.11. The highest BCUT2D eigenvalue weighted by Gasteiger charge is 2.47. The highest BCUT2D eigenvalue weighted by Crippen LogP contribution is 2.28. The van der Waals surface area contributed by atoms with Gasteiger partial charge < -0.3 is 9.47 Å². The van der Waals surface area contributed by atoms with Gasteiger partial charge in [0.2, 0.25) is 5.91 Å². The van der Waals surface area contributed by atoms with Crippen molar-refractivity contribution in [3.05, 3.63) is 0 Å². The quantitative estimate of drug-likeness (QED) is 0.696. The molecule has 0 aromatic carbocycles. The summed E-state index contributed by atoms with van der Waals surface area (Å²) in [6.45, 7) is 12.0. The van der Waals surface area contributed by atoms with Crippen molar-refractivity contribution >= 4 is 18.0 Å². The molecule has 0 radical (unpaired) electrons. The first-order chi connectivity index (χ1) is 9.32. The predicted octanol–water partition coefficient (Wildman–Crippen LogP) is 2.50. The van der Waals surface area contributed by atoms with Gasteiger partial charge in [-0.1, -0.05) is 6.92 Å². The molecule has 2 amide bonds. The van der Waals surface area contributed by atoms with Gasteiger partial charge in [0.1, 0.15) is 17.2 Å². The van der Waals surface area contributed by atoms with Crippen molar-refractivity contribution in [3.63, 3.8) is 0 Å². The van der Waals surface area contributed by atoms with Crippen LogP contribution in [0, 0.1) is 5.92 Å². The molecular formula is C15H25NO5. The summed E-state index contributed by atoms with van der Waals surface area (Å²) in [6.07, 6.45) is -0.541. The smallest absolute Gasteiger partial charge is 0.417 e. The molecule has 0 unspecified atom stereocenters. The molecule has 1 saturated heterocycles. The van der Waals surface area contributed by atoms with Crippen molar-refractivity contribution in [2.75, 3.05) is 0 Å². The molecule has 0 N–H and O–H groups in total. The first-order valence-corrected chi connectivity index (χ1v) is 7.11. The molecule has 0 aliphatic carbocycles. The Morgan fingerprint density at radius 2 is 1.52 bits per heavy atom. The van der Waals surface area contributed by atoms with Crippen molar-refractivity contribution in [3.8, 4) is 0 Å². The maximum atomic E-state index is 12.2. The Balaban J connectivity index is 2.94. The fourth-order valence-corrected chi connectivity index (χ4v) is 2.03. The van der Waals surface area contributed by atoms with Gasteiger partial charge in [-0.2, -0.15) is 0 Å². The van der Waals surface area contributed by atoms with E-state index in [1.807, 2.05) is 0 Å². The summed E-state index contributed by atoms with van der Waals surface area (Å²) in [7, 11) is 0. The zero-order valence-corrected chi connectivity index (χ0v) is 13.9. The standard InChI is InChI=1S/C15H25NO5/c1-9-8-10(12(18)20-14(2,3)4)16(11(9)17)13(19)21-15(5,6)7/h9-10H,8H2,1-7H3/t9-,10-/m0/s1. The summed E-state index contributed by atoms with van der Waals surface area (Å²) in [4.78, 5) is 37.4. The van der Waals surface area contributed by atoms with Crippen molar-refractivity contribution in [1.29, 1.82) is 0 Å². The molecule has 0 aromatic heterocycles. The van der Waals surface area contributed by atoms with Crippen molar-refractivity contribution in [2.45, 2.75) is 72.1 Å². The molecule has 1 rings (SSSR count). The Morgan fingerprint density at radius 1 is 1.05 bits per heavy atom. The van der Waals surface area contributed by atoms with Crippen LogP contribution in [-0.2, 0) is 19.1 Å². The summed E-state index contributed by atoms with van der Waals surface area (Å²) in [6, 6.07) is -0.915. The maximum absolute atomic E-state index is 12.2. The largest absolute Gasteiger partial charge is 0.458 e. The fraction of sp³-hybridized carbons (Fsp3) is 0.800. The van der Waals surface area contributed by atoms with E-state index in [4.69, 9.17) is 9.47 Å². The van der Waals surface area contributed by atoms with Crippen LogP contribution < -0.4 is 0 Å². The lowest BCUT2D eigenvalue weighted by molar-refractivity contribution is -0.161.